The van der Waals surface area contributed by atoms with Crippen molar-refractivity contribution >= 4 is 29.7 Å². The number of carbonyl (C=O) groups excluding carboxylic acids is 1. The predicted molar refractivity (Wildman–Crippen MR) is 101 cm³/mol. The van der Waals surface area contributed by atoms with Gasteiger partial charge in [0, 0.05) is 42.2 Å². The molecule has 1 unspecified atom stereocenters. The number of likely N-dealkylation sites (tertiary alicyclic amines) is 1. The fraction of sp³-hybridized carbons (Fsp3) is 0.529. The fourth-order valence-electron chi connectivity index (χ4n) is 3.63. The molecule has 1 amide bonds. The van der Waals surface area contributed by atoms with Crippen molar-refractivity contribution in [2.75, 3.05) is 26.2 Å². The van der Waals surface area contributed by atoms with Crippen molar-refractivity contribution in [3.8, 4) is 0 Å². The van der Waals surface area contributed by atoms with Crippen molar-refractivity contribution in [2.24, 2.45) is 0 Å². The van der Waals surface area contributed by atoms with Crippen LogP contribution in [-0.4, -0.2) is 47.2 Å². The molecule has 0 aliphatic carbocycles. The first kappa shape index (κ1) is 18.4. The summed E-state index contributed by atoms with van der Waals surface area (Å²) in [6.07, 6.45) is 3.39. The van der Waals surface area contributed by atoms with E-state index < -0.39 is 0 Å². The van der Waals surface area contributed by atoms with E-state index in [1.165, 1.54) is 17.7 Å². The molecule has 1 saturated heterocycles. The van der Waals surface area contributed by atoms with Gasteiger partial charge in [-0.05, 0) is 37.4 Å². The van der Waals surface area contributed by atoms with Crippen LogP contribution in [0, 0.1) is 0 Å². The second-order valence-electron chi connectivity index (χ2n) is 6.44. The highest BCUT2D eigenvalue weighted by Crippen LogP contribution is 2.28. The number of nitrogens with one attached hydrogen (secondary N) is 3. The van der Waals surface area contributed by atoms with Crippen LogP contribution in [0.4, 0.5) is 0 Å². The zero-order chi connectivity index (χ0) is 16.4. The minimum atomic E-state index is -0.0723. The normalized spacial score (nSPS) is 18.4. The lowest BCUT2D eigenvalue weighted by molar-refractivity contribution is 0.0932. The number of aromatic nitrogens is 2. The molecule has 8 heteroatoms. The van der Waals surface area contributed by atoms with Crippen LogP contribution in [0.25, 0.3) is 0 Å². The first-order chi connectivity index (χ1) is 11.8. The van der Waals surface area contributed by atoms with Crippen molar-refractivity contribution in [1.29, 1.82) is 0 Å². The summed E-state index contributed by atoms with van der Waals surface area (Å²) >= 11 is 1.77. The summed E-state index contributed by atoms with van der Waals surface area (Å²) in [6, 6.07) is 4.52. The average molecular weight is 382 g/mol. The lowest BCUT2D eigenvalue weighted by Crippen LogP contribution is -2.37. The van der Waals surface area contributed by atoms with E-state index in [1.54, 1.807) is 11.3 Å². The molecule has 1 atom stereocenters. The van der Waals surface area contributed by atoms with Gasteiger partial charge in [0.25, 0.3) is 5.91 Å². The fourth-order valence-corrected chi connectivity index (χ4v) is 4.49. The SMILES string of the molecule is Cl.O=C(NCC(c1cccs1)N1CCCC1)c1n[nH]c2c1CNCC2. The molecular formula is C17H24ClN5OS. The number of nitrogens with zero attached hydrogens (tertiary/aromatic N) is 2. The third-order valence-corrected chi connectivity index (χ3v) is 5.90. The van der Waals surface area contributed by atoms with Crippen LogP contribution in [-0.2, 0) is 13.0 Å². The van der Waals surface area contributed by atoms with Crippen LogP contribution in [0.3, 0.4) is 0 Å². The summed E-state index contributed by atoms with van der Waals surface area (Å²) < 4.78 is 0. The molecule has 6 nitrogen and oxygen atoms in total. The number of aromatic amines is 1. The maximum absolute atomic E-state index is 12.6. The molecule has 1 fully saturated rings. The van der Waals surface area contributed by atoms with Gasteiger partial charge >= 0.3 is 0 Å². The Kier molecular flexibility index (Phi) is 6.11. The highest BCUT2D eigenvalue weighted by molar-refractivity contribution is 7.10. The largest absolute Gasteiger partial charge is 0.349 e. The summed E-state index contributed by atoms with van der Waals surface area (Å²) in [5.74, 6) is -0.0723. The van der Waals surface area contributed by atoms with Gasteiger partial charge in [-0.3, -0.25) is 14.8 Å². The number of amides is 1. The van der Waals surface area contributed by atoms with Gasteiger partial charge in [-0.15, -0.1) is 23.7 Å². The number of halogens is 1. The smallest absolute Gasteiger partial charge is 0.272 e. The van der Waals surface area contributed by atoms with Crippen LogP contribution in [0.15, 0.2) is 17.5 Å². The molecule has 0 aromatic carbocycles. The van der Waals surface area contributed by atoms with Crippen molar-refractivity contribution in [2.45, 2.75) is 31.8 Å². The van der Waals surface area contributed by atoms with Crippen LogP contribution in [0.1, 0.15) is 45.5 Å². The Bertz CT molecular complexity index is 696. The topological polar surface area (TPSA) is 73.0 Å². The first-order valence-corrected chi connectivity index (χ1v) is 9.53. The lowest BCUT2D eigenvalue weighted by Gasteiger charge is -2.26. The van der Waals surface area contributed by atoms with E-state index in [4.69, 9.17) is 0 Å². The molecule has 4 heterocycles. The van der Waals surface area contributed by atoms with Gasteiger partial charge in [-0.25, -0.2) is 0 Å². The molecule has 2 aromatic rings. The Hall–Kier alpha value is -1.41. The van der Waals surface area contributed by atoms with Gasteiger partial charge in [0.05, 0.1) is 6.04 Å². The number of carbonyl (C=O) groups is 1. The molecule has 4 rings (SSSR count). The summed E-state index contributed by atoms with van der Waals surface area (Å²) in [5.41, 5.74) is 2.66. The van der Waals surface area contributed by atoms with Gasteiger partial charge in [0.15, 0.2) is 5.69 Å². The maximum atomic E-state index is 12.6. The van der Waals surface area contributed by atoms with E-state index in [0.717, 1.165) is 43.9 Å². The number of rotatable bonds is 5. The lowest BCUT2D eigenvalue weighted by atomic mass is 10.1. The summed E-state index contributed by atoms with van der Waals surface area (Å²) in [7, 11) is 0. The van der Waals surface area contributed by atoms with Crippen molar-refractivity contribution < 1.29 is 4.79 Å². The first-order valence-electron chi connectivity index (χ1n) is 8.65. The zero-order valence-corrected chi connectivity index (χ0v) is 15.7. The van der Waals surface area contributed by atoms with E-state index in [1.807, 2.05) is 0 Å². The molecule has 0 bridgehead atoms. The number of hydrogen-bond donors (Lipinski definition) is 3. The second kappa shape index (κ2) is 8.31. The zero-order valence-electron chi connectivity index (χ0n) is 14.1. The maximum Gasteiger partial charge on any atom is 0.272 e. The molecule has 0 radical (unpaired) electrons. The predicted octanol–water partition coefficient (Wildman–Crippen LogP) is 2.11. The minimum Gasteiger partial charge on any atom is -0.349 e. The minimum absolute atomic E-state index is 0. The molecule has 25 heavy (non-hydrogen) atoms. The monoisotopic (exact) mass is 381 g/mol. The standard InChI is InChI=1S/C17H23N5OS.ClH/c23-17(16-12-10-18-6-5-13(12)20-21-16)19-11-14(15-4-3-9-24-15)22-7-1-2-8-22;/h3-4,9,14,18H,1-2,5-8,10-11H2,(H,19,23)(H,20,21);1H. The molecule has 2 aromatic heterocycles. The molecule has 0 spiro atoms. The van der Waals surface area contributed by atoms with E-state index in [2.05, 4.69) is 43.2 Å². The molecule has 136 valence electrons. The highest BCUT2D eigenvalue weighted by Gasteiger charge is 2.26. The molecule has 2 aliphatic rings. The van der Waals surface area contributed by atoms with Crippen LogP contribution in [0.5, 0.6) is 0 Å². The quantitative estimate of drug-likeness (QED) is 0.741. The van der Waals surface area contributed by atoms with Gasteiger partial charge in [-0.1, -0.05) is 6.07 Å². The number of thiophene rings is 1. The Labute approximate surface area is 157 Å². The number of hydrogen-bond acceptors (Lipinski definition) is 5. The molecule has 2 aliphatic heterocycles. The Morgan fingerprint density at radius 3 is 3.00 bits per heavy atom. The van der Waals surface area contributed by atoms with Gasteiger partial charge in [0.1, 0.15) is 0 Å². The molecular weight excluding hydrogens is 358 g/mol. The number of H-pyrrole nitrogens is 1. The van der Waals surface area contributed by atoms with E-state index in [9.17, 15) is 4.79 Å². The highest BCUT2D eigenvalue weighted by atomic mass is 35.5. The summed E-state index contributed by atoms with van der Waals surface area (Å²) in [4.78, 5) is 16.4. The average Bonchev–Trinajstić information content (AvgIpc) is 3.36. The van der Waals surface area contributed by atoms with Crippen molar-refractivity contribution in [3.05, 3.63) is 39.3 Å². The van der Waals surface area contributed by atoms with E-state index in [0.29, 0.717) is 12.2 Å². The Morgan fingerprint density at radius 2 is 2.24 bits per heavy atom. The molecule has 0 saturated carbocycles. The third kappa shape index (κ3) is 3.89. The summed E-state index contributed by atoms with van der Waals surface area (Å²) in [5, 5.41) is 15.8. The summed E-state index contributed by atoms with van der Waals surface area (Å²) in [6.45, 7) is 4.51. The van der Waals surface area contributed by atoms with Crippen molar-refractivity contribution in [1.82, 2.24) is 25.7 Å². The third-order valence-electron chi connectivity index (χ3n) is 4.93. The van der Waals surface area contributed by atoms with Gasteiger partial charge < -0.3 is 10.6 Å². The van der Waals surface area contributed by atoms with Gasteiger partial charge in [0.2, 0.25) is 0 Å². The van der Waals surface area contributed by atoms with Gasteiger partial charge in [-0.2, -0.15) is 5.10 Å². The Morgan fingerprint density at radius 1 is 1.40 bits per heavy atom. The van der Waals surface area contributed by atoms with E-state index >= 15 is 0 Å². The van der Waals surface area contributed by atoms with Crippen LogP contribution < -0.4 is 10.6 Å². The second-order valence-corrected chi connectivity index (χ2v) is 7.42. The molecule has 3 N–H and O–H groups in total. The van der Waals surface area contributed by atoms with Crippen molar-refractivity contribution in [3.63, 3.8) is 0 Å². The number of fused-ring (bicyclic) bond motifs is 1. The van der Waals surface area contributed by atoms with Crippen LogP contribution >= 0.6 is 23.7 Å². The Balaban J connectivity index is 0.00000182. The van der Waals surface area contributed by atoms with Crippen LogP contribution in [0.2, 0.25) is 0 Å². The van der Waals surface area contributed by atoms with E-state index in [-0.39, 0.29) is 24.4 Å².